The van der Waals surface area contributed by atoms with Crippen LogP contribution in [0, 0.1) is 6.92 Å². The number of thioether (sulfide) groups is 1. The number of carbonyl (C=O) groups is 1. The average Bonchev–Trinajstić information content (AvgIpc) is 2.81. The summed E-state index contributed by atoms with van der Waals surface area (Å²) in [6, 6.07) is 4.03. The molecule has 1 atom stereocenters. The third kappa shape index (κ3) is 3.15. The number of rotatable bonds is 4. The van der Waals surface area contributed by atoms with Gasteiger partial charge in [-0.2, -0.15) is 0 Å². The van der Waals surface area contributed by atoms with E-state index in [1.807, 2.05) is 12.1 Å². The van der Waals surface area contributed by atoms with Crippen molar-refractivity contribution in [3.05, 3.63) is 23.3 Å². The summed E-state index contributed by atoms with van der Waals surface area (Å²) >= 11 is 1.64. The normalized spacial score (nSPS) is 14.3. The molecule has 0 spiro atoms. The Hall–Kier alpha value is -1.36. The molecule has 1 aromatic rings. The van der Waals surface area contributed by atoms with Gasteiger partial charge in [0.25, 0.3) is 0 Å². The van der Waals surface area contributed by atoms with Crippen molar-refractivity contribution in [2.45, 2.75) is 19.1 Å². The van der Waals surface area contributed by atoms with E-state index in [-0.39, 0.29) is 11.2 Å². The SMILES string of the molecule is Cc1cc2c(cc1C(C)SCC(=O)N(C)C)OCO2. The van der Waals surface area contributed by atoms with E-state index >= 15 is 0 Å². The van der Waals surface area contributed by atoms with Crippen LogP contribution in [0.3, 0.4) is 0 Å². The lowest BCUT2D eigenvalue weighted by atomic mass is 10.1. The molecule has 0 aromatic heterocycles. The number of ether oxygens (including phenoxy) is 2. The molecule has 0 radical (unpaired) electrons. The van der Waals surface area contributed by atoms with E-state index in [9.17, 15) is 4.79 Å². The first-order valence-electron chi connectivity index (χ1n) is 6.21. The fourth-order valence-electron chi connectivity index (χ4n) is 1.91. The van der Waals surface area contributed by atoms with Crippen molar-refractivity contribution in [3.8, 4) is 11.5 Å². The molecule has 0 bridgehead atoms. The highest BCUT2D eigenvalue weighted by Gasteiger charge is 2.19. The van der Waals surface area contributed by atoms with Gasteiger partial charge in [0.15, 0.2) is 11.5 Å². The maximum atomic E-state index is 11.6. The lowest BCUT2D eigenvalue weighted by molar-refractivity contribution is -0.125. The maximum absolute atomic E-state index is 11.6. The van der Waals surface area contributed by atoms with Gasteiger partial charge in [-0.1, -0.05) is 0 Å². The summed E-state index contributed by atoms with van der Waals surface area (Å²) in [4.78, 5) is 13.2. The molecule has 2 rings (SSSR count). The van der Waals surface area contributed by atoms with Crippen LogP contribution in [0.1, 0.15) is 23.3 Å². The van der Waals surface area contributed by atoms with Crippen LogP contribution in [0.4, 0.5) is 0 Å². The summed E-state index contributed by atoms with van der Waals surface area (Å²) in [5.74, 6) is 2.23. The zero-order valence-electron chi connectivity index (χ0n) is 11.7. The molecular formula is C14H19NO3S. The minimum Gasteiger partial charge on any atom is -0.454 e. The van der Waals surface area contributed by atoms with Crippen LogP contribution in [-0.2, 0) is 4.79 Å². The van der Waals surface area contributed by atoms with Gasteiger partial charge in [0.2, 0.25) is 12.7 Å². The molecule has 1 aliphatic heterocycles. The highest BCUT2D eigenvalue weighted by Crippen LogP contribution is 2.39. The van der Waals surface area contributed by atoms with Crippen molar-refractivity contribution < 1.29 is 14.3 Å². The Morgan fingerprint density at radius 3 is 2.63 bits per heavy atom. The molecule has 1 aromatic carbocycles. The van der Waals surface area contributed by atoms with Crippen LogP contribution in [0.2, 0.25) is 0 Å². The third-order valence-corrected chi connectivity index (χ3v) is 4.32. The molecule has 1 unspecified atom stereocenters. The third-order valence-electron chi connectivity index (χ3n) is 3.15. The quantitative estimate of drug-likeness (QED) is 0.850. The van der Waals surface area contributed by atoms with Gasteiger partial charge in [0.05, 0.1) is 5.75 Å². The van der Waals surface area contributed by atoms with Gasteiger partial charge in [-0.25, -0.2) is 0 Å². The van der Waals surface area contributed by atoms with Gasteiger partial charge in [-0.15, -0.1) is 11.8 Å². The second-order valence-electron chi connectivity index (χ2n) is 4.80. The van der Waals surface area contributed by atoms with Gasteiger partial charge in [-0.05, 0) is 37.1 Å². The van der Waals surface area contributed by atoms with Gasteiger partial charge in [0, 0.05) is 19.3 Å². The van der Waals surface area contributed by atoms with Gasteiger partial charge < -0.3 is 14.4 Å². The summed E-state index contributed by atoms with van der Waals surface area (Å²) in [5, 5.41) is 0.249. The Balaban J connectivity index is 2.07. The number of carbonyl (C=O) groups excluding carboxylic acids is 1. The molecule has 1 amide bonds. The van der Waals surface area contributed by atoms with E-state index in [0.29, 0.717) is 12.5 Å². The first-order valence-corrected chi connectivity index (χ1v) is 7.26. The average molecular weight is 281 g/mol. The van der Waals surface area contributed by atoms with E-state index < -0.39 is 0 Å². The summed E-state index contributed by atoms with van der Waals surface area (Å²) < 4.78 is 10.8. The van der Waals surface area contributed by atoms with Crippen molar-refractivity contribution in [3.63, 3.8) is 0 Å². The molecule has 0 fully saturated rings. The van der Waals surface area contributed by atoms with E-state index in [2.05, 4.69) is 13.8 Å². The van der Waals surface area contributed by atoms with E-state index in [4.69, 9.17) is 9.47 Å². The molecule has 4 nitrogen and oxygen atoms in total. The van der Waals surface area contributed by atoms with Crippen LogP contribution in [0.5, 0.6) is 11.5 Å². The van der Waals surface area contributed by atoms with Crippen molar-refractivity contribution in [2.24, 2.45) is 0 Å². The maximum Gasteiger partial charge on any atom is 0.232 e. The number of benzene rings is 1. The first-order chi connectivity index (χ1) is 8.99. The van der Waals surface area contributed by atoms with E-state index in [1.54, 1.807) is 30.8 Å². The van der Waals surface area contributed by atoms with Crippen LogP contribution in [0.25, 0.3) is 0 Å². The van der Waals surface area contributed by atoms with Crippen molar-refractivity contribution in [1.82, 2.24) is 4.90 Å². The van der Waals surface area contributed by atoms with E-state index in [1.165, 1.54) is 11.1 Å². The Bertz CT molecular complexity index is 488. The Labute approximate surface area is 118 Å². The topological polar surface area (TPSA) is 38.8 Å². The van der Waals surface area contributed by atoms with E-state index in [0.717, 1.165) is 11.5 Å². The molecule has 0 saturated heterocycles. The second-order valence-corrected chi connectivity index (χ2v) is 6.13. The lowest BCUT2D eigenvalue weighted by Gasteiger charge is -2.16. The minimum absolute atomic E-state index is 0.134. The van der Waals surface area contributed by atoms with Crippen LogP contribution in [0.15, 0.2) is 12.1 Å². The number of aryl methyl sites for hydroxylation is 1. The summed E-state index contributed by atoms with van der Waals surface area (Å²) in [6.45, 7) is 4.46. The molecule has 1 aliphatic rings. The zero-order valence-corrected chi connectivity index (χ0v) is 12.5. The smallest absolute Gasteiger partial charge is 0.232 e. The fraction of sp³-hybridized carbons (Fsp3) is 0.500. The number of nitrogens with zero attached hydrogens (tertiary/aromatic N) is 1. The summed E-state index contributed by atoms with van der Waals surface area (Å²) in [6.07, 6.45) is 0. The van der Waals surface area contributed by atoms with Gasteiger partial charge in [-0.3, -0.25) is 4.79 Å². The second kappa shape index (κ2) is 5.74. The predicted molar refractivity (Wildman–Crippen MR) is 76.9 cm³/mol. The van der Waals surface area contributed by atoms with Crippen molar-refractivity contribution >= 4 is 17.7 Å². The standard InChI is InChI=1S/C14H19NO3S/c1-9-5-12-13(18-8-17-12)6-11(9)10(2)19-7-14(16)15(3)4/h5-6,10H,7-8H2,1-4H3. The molecule has 5 heteroatoms. The number of hydrogen-bond donors (Lipinski definition) is 0. The largest absolute Gasteiger partial charge is 0.454 e. The Morgan fingerprint density at radius 1 is 1.37 bits per heavy atom. The van der Waals surface area contributed by atoms with Gasteiger partial charge in [0.1, 0.15) is 0 Å². The summed E-state index contributed by atoms with van der Waals surface area (Å²) in [7, 11) is 3.55. The fourth-order valence-corrected chi connectivity index (χ4v) is 3.00. The molecule has 19 heavy (non-hydrogen) atoms. The molecule has 0 aliphatic carbocycles. The molecule has 0 saturated carbocycles. The number of fused-ring (bicyclic) bond motifs is 1. The van der Waals surface area contributed by atoms with Gasteiger partial charge >= 0.3 is 0 Å². The van der Waals surface area contributed by atoms with Crippen molar-refractivity contribution in [2.75, 3.05) is 26.6 Å². The van der Waals surface area contributed by atoms with Crippen molar-refractivity contribution in [1.29, 1.82) is 0 Å². The van der Waals surface area contributed by atoms with Crippen LogP contribution < -0.4 is 9.47 Å². The predicted octanol–water partition coefficient (Wildman–Crippen LogP) is 2.61. The first kappa shape index (κ1) is 14.1. The number of amides is 1. The Morgan fingerprint density at radius 2 is 2.00 bits per heavy atom. The summed E-state index contributed by atoms with van der Waals surface area (Å²) in [5.41, 5.74) is 2.36. The lowest BCUT2D eigenvalue weighted by Crippen LogP contribution is -2.23. The molecular weight excluding hydrogens is 262 g/mol. The zero-order chi connectivity index (χ0) is 14.0. The highest BCUT2D eigenvalue weighted by atomic mass is 32.2. The highest BCUT2D eigenvalue weighted by molar-refractivity contribution is 8.00. The monoisotopic (exact) mass is 281 g/mol. The van der Waals surface area contributed by atoms with Crippen LogP contribution in [-0.4, -0.2) is 37.4 Å². The molecule has 0 N–H and O–H groups in total. The minimum atomic E-state index is 0.134. The molecule has 104 valence electrons. The van der Waals surface area contributed by atoms with Crippen LogP contribution >= 0.6 is 11.8 Å². The number of hydrogen-bond acceptors (Lipinski definition) is 4. The molecule has 1 heterocycles. The Kier molecular flexibility index (Phi) is 4.24.